The molecule has 66 valence electrons. The predicted molar refractivity (Wildman–Crippen MR) is 54.5 cm³/mol. The largest absolute Gasteiger partial charge is 0.196 e. The molecule has 1 N–H and O–H groups in total. The molecule has 0 radical (unpaired) electrons. The second-order valence-corrected chi connectivity index (χ2v) is 3.60. The maximum Gasteiger partial charge on any atom is 0.156 e. The standard InChI is InChI=1S/C8H5BrClN3/c9-8-7(11-13-12-8)5-3-1-2-4-6(5)10/h1-4H,(H,11,12,13). The van der Waals surface area contributed by atoms with Crippen LogP contribution in [0.25, 0.3) is 11.3 Å². The lowest BCUT2D eigenvalue weighted by Gasteiger charge is -1.98. The van der Waals surface area contributed by atoms with E-state index in [1.165, 1.54) is 0 Å². The number of hydrogen-bond acceptors (Lipinski definition) is 2. The number of hydrogen-bond donors (Lipinski definition) is 1. The Hall–Kier alpha value is -0.870. The smallest absolute Gasteiger partial charge is 0.156 e. The van der Waals surface area contributed by atoms with Gasteiger partial charge in [-0.2, -0.15) is 10.3 Å². The number of H-pyrrole nitrogens is 1. The summed E-state index contributed by atoms with van der Waals surface area (Å²) in [5.74, 6) is 0. The fraction of sp³-hybridized carbons (Fsp3) is 0. The molecule has 0 amide bonds. The van der Waals surface area contributed by atoms with Crippen molar-refractivity contribution in [3.63, 3.8) is 0 Å². The zero-order valence-corrected chi connectivity index (χ0v) is 8.80. The summed E-state index contributed by atoms with van der Waals surface area (Å²) >= 11 is 9.26. The molecule has 0 fully saturated rings. The van der Waals surface area contributed by atoms with Gasteiger partial charge in [-0.25, -0.2) is 0 Å². The Morgan fingerprint density at radius 3 is 2.62 bits per heavy atom. The summed E-state index contributed by atoms with van der Waals surface area (Å²) in [6.07, 6.45) is 0. The van der Waals surface area contributed by atoms with Crippen LogP contribution in [0.1, 0.15) is 0 Å². The number of aromatic amines is 1. The van der Waals surface area contributed by atoms with Crippen molar-refractivity contribution in [2.45, 2.75) is 0 Å². The number of nitrogens with zero attached hydrogens (tertiary/aromatic N) is 2. The number of halogens is 2. The molecule has 1 heterocycles. The molecule has 0 spiro atoms. The highest BCUT2D eigenvalue weighted by Crippen LogP contribution is 2.29. The second kappa shape index (κ2) is 3.47. The van der Waals surface area contributed by atoms with E-state index in [1.54, 1.807) is 0 Å². The molecule has 0 saturated heterocycles. The average molecular weight is 259 g/mol. The molecule has 0 aliphatic carbocycles. The van der Waals surface area contributed by atoms with E-state index in [0.717, 1.165) is 11.3 Å². The van der Waals surface area contributed by atoms with Crippen molar-refractivity contribution >= 4 is 27.5 Å². The van der Waals surface area contributed by atoms with Crippen LogP contribution < -0.4 is 0 Å². The van der Waals surface area contributed by atoms with Gasteiger partial charge in [0, 0.05) is 5.56 Å². The molecule has 3 nitrogen and oxygen atoms in total. The third kappa shape index (κ3) is 1.59. The van der Waals surface area contributed by atoms with Crippen LogP contribution >= 0.6 is 27.5 Å². The molecule has 0 aliphatic rings. The fourth-order valence-corrected chi connectivity index (χ4v) is 1.65. The number of benzene rings is 1. The molecule has 0 unspecified atom stereocenters. The van der Waals surface area contributed by atoms with Gasteiger partial charge in [0.2, 0.25) is 0 Å². The first kappa shape index (κ1) is 8.72. The Morgan fingerprint density at radius 2 is 2.00 bits per heavy atom. The summed E-state index contributed by atoms with van der Waals surface area (Å²) in [5, 5.41) is 11.0. The highest BCUT2D eigenvalue weighted by molar-refractivity contribution is 9.10. The van der Waals surface area contributed by atoms with Gasteiger partial charge in [0.1, 0.15) is 5.69 Å². The monoisotopic (exact) mass is 257 g/mol. The van der Waals surface area contributed by atoms with E-state index in [1.807, 2.05) is 24.3 Å². The SMILES string of the molecule is Clc1ccccc1-c1n[nH]nc1Br. The molecule has 1 aromatic heterocycles. The zero-order valence-electron chi connectivity index (χ0n) is 6.46. The van der Waals surface area contributed by atoms with Crippen LogP contribution in [0.2, 0.25) is 5.02 Å². The summed E-state index contributed by atoms with van der Waals surface area (Å²) in [5.41, 5.74) is 1.59. The Balaban J connectivity index is 2.59. The molecule has 0 aliphatic heterocycles. The minimum Gasteiger partial charge on any atom is -0.196 e. The summed E-state index contributed by atoms with van der Waals surface area (Å²) in [6, 6.07) is 7.49. The quantitative estimate of drug-likeness (QED) is 0.854. The Bertz CT molecular complexity index is 427. The van der Waals surface area contributed by atoms with Crippen molar-refractivity contribution in [1.82, 2.24) is 15.4 Å². The van der Waals surface area contributed by atoms with E-state index in [2.05, 4.69) is 31.3 Å². The van der Waals surface area contributed by atoms with Crippen molar-refractivity contribution in [2.24, 2.45) is 0 Å². The summed E-state index contributed by atoms with van der Waals surface area (Å²) < 4.78 is 0.667. The molecule has 5 heteroatoms. The first-order valence-corrected chi connectivity index (χ1v) is 4.77. The zero-order chi connectivity index (χ0) is 9.26. The van der Waals surface area contributed by atoms with Gasteiger partial charge in [0.15, 0.2) is 4.60 Å². The molecule has 2 aromatic rings. The molecule has 0 saturated carbocycles. The highest BCUT2D eigenvalue weighted by Gasteiger charge is 2.09. The summed E-state index contributed by atoms with van der Waals surface area (Å²) in [4.78, 5) is 0. The van der Waals surface area contributed by atoms with Gasteiger partial charge in [-0.3, -0.25) is 0 Å². The minimum atomic E-state index is 0.664. The number of rotatable bonds is 1. The molecule has 0 bridgehead atoms. The Labute approximate surface area is 88.2 Å². The predicted octanol–water partition coefficient (Wildman–Crippen LogP) is 2.89. The lowest BCUT2D eigenvalue weighted by Crippen LogP contribution is -1.79. The van der Waals surface area contributed by atoms with E-state index in [-0.39, 0.29) is 0 Å². The van der Waals surface area contributed by atoms with E-state index in [4.69, 9.17) is 11.6 Å². The first-order chi connectivity index (χ1) is 6.29. The number of aromatic nitrogens is 3. The van der Waals surface area contributed by atoms with Crippen molar-refractivity contribution in [1.29, 1.82) is 0 Å². The van der Waals surface area contributed by atoms with Gasteiger partial charge in [-0.15, -0.1) is 5.10 Å². The number of nitrogens with one attached hydrogen (secondary N) is 1. The average Bonchev–Trinajstić information content (AvgIpc) is 2.52. The molecular weight excluding hydrogens is 253 g/mol. The fourth-order valence-electron chi connectivity index (χ4n) is 1.04. The third-order valence-electron chi connectivity index (χ3n) is 1.63. The van der Waals surface area contributed by atoms with Gasteiger partial charge in [-0.05, 0) is 22.0 Å². The Kier molecular flexibility index (Phi) is 2.33. The molecular formula is C8H5BrClN3. The van der Waals surface area contributed by atoms with Crippen molar-refractivity contribution in [2.75, 3.05) is 0 Å². The van der Waals surface area contributed by atoms with Gasteiger partial charge in [0.05, 0.1) is 5.02 Å². The van der Waals surface area contributed by atoms with Crippen molar-refractivity contribution in [3.05, 3.63) is 33.9 Å². The van der Waals surface area contributed by atoms with E-state index in [9.17, 15) is 0 Å². The third-order valence-corrected chi connectivity index (χ3v) is 2.52. The van der Waals surface area contributed by atoms with Crippen LogP contribution in [-0.4, -0.2) is 15.4 Å². The van der Waals surface area contributed by atoms with Crippen LogP contribution in [-0.2, 0) is 0 Å². The van der Waals surface area contributed by atoms with E-state index < -0.39 is 0 Å². The van der Waals surface area contributed by atoms with Crippen LogP contribution in [0.4, 0.5) is 0 Å². The molecule has 0 atom stereocenters. The first-order valence-electron chi connectivity index (χ1n) is 3.60. The maximum absolute atomic E-state index is 5.99. The lowest BCUT2D eigenvalue weighted by atomic mass is 10.2. The van der Waals surface area contributed by atoms with Crippen LogP contribution in [0.5, 0.6) is 0 Å². The summed E-state index contributed by atoms with van der Waals surface area (Å²) in [6.45, 7) is 0. The second-order valence-electron chi connectivity index (χ2n) is 2.44. The van der Waals surface area contributed by atoms with Crippen molar-refractivity contribution < 1.29 is 0 Å². The lowest BCUT2D eigenvalue weighted by molar-refractivity contribution is 0.935. The van der Waals surface area contributed by atoms with Gasteiger partial charge >= 0.3 is 0 Å². The summed E-state index contributed by atoms with van der Waals surface area (Å²) in [7, 11) is 0. The van der Waals surface area contributed by atoms with E-state index >= 15 is 0 Å². The molecule has 1 aromatic carbocycles. The van der Waals surface area contributed by atoms with Gasteiger partial charge < -0.3 is 0 Å². The van der Waals surface area contributed by atoms with Gasteiger partial charge in [-0.1, -0.05) is 29.8 Å². The normalized spacial score (nSPS) is 10.3. The van der Waals surface area contributed by atoms with Crippen LogP contribution in [0, 0.1) is 0 Å². The molecule has 13 heavy (non-hydrogen) atoms. The maximum atomic E-state index is 5.99. The van der Waals surface area contributed by atoms with E-state index in [0.29, 0.717) is 9.63 Å². The van der Waals surface area contributed by atoms with Crippen LogP contribution in [0.3, 0.4) is 0 Å². The molecule has 2 rings (SSSR count). The van der Waals surface area contributed by atoms with Crippen LogP contribution in [0.15, 0.2) is 28.9 Å². The highest BCUT2D eigenvalue weighted by atomic mass is 79.9. The van der Waals surface area contributed by atoms with Gasteiger partial charge in [0.25, 0.3) is 0 Å². The topological polar surface area (TPSA) is 41.6 Å². The Morgan fingerprint density at radius 1 is 1.23 bits per heavy atom. The minimum absolute atomic E-state index is 0.664. The van der Waals surface area contributed by atoms with Crippen molar-refractivity contribution in [3.8, 4) is 11.3 Å².